The van der Waals surface area contributed by atoms with E-state index in [-0.39, 0.29) is 0 Å². The molecule has 3 aliphatic heterocycles. The Bertz CT molecular complexity index is 600. The maximum Gasteiger partial charge on any atom is 0.191 e. The lowest BCUT2D eigenvalue weighted by atomic mass is 9.96. The van der Waals surface area contributed by atoms with Crippen molar-refractivity contribution in [2.75, 3.05) is 36.5 Å². The lowest BCUT2D eigenvalue weighted by Crippen LogP contribution is -2.47. The fourth-order valence-electron chi connectivity index (χ4n) is 3.99. The Morgan fingerprint density at radius 2 is 2.04 bits per heavy atom. The van der Waals surface area contributed by atoms with Crippen molar-refractivity contribution in [2.24, 2.45) is 4.99 Å². The van der Waals surface area contributed by atoms with E-state index in [1.165, 1.54) is 35.6 Å². The van der Waals surface area contributed by atoms with Crippen LogP contribution >= 0.6 is 11.8 Å². The molecule has 3 heterocycles. The average Bonchev–Trinajstić information content (AvgIpc) is 3.29. The van der Waals surface area contributed by atoms with Crippen LogP contribution in [0.1, 0.15) is 24.8 Å². The Morgan fingerprint density at radius 1 is 1.24 bits per heavy atom. The van der Waals surface area contributed by atoms with Gasteiger partial charge in [0.25, 0.3) is 0 Å². The Morgan fingerprint density at radius 3 is 2.68 bits per heavy atom. The summed E-state index contributed by atoms with van der Waals surface area (Å²) in [6.45, 7) is 3.10. The molecule has 6 heteroatoms. The molecule has 3 saturated heterocycles. The van der Waals surface area contributed by atoms with E-state index in [4.69, 9.17) is 4.74 Å². The molecule has 2 bridgehead atoms. The van der Waals surface area contributed by atoms with Crippen LogP contribution in [0.15, 0.2) is 29.3 Å². The number of guanidine groups is 1. The van der Waals surface area contributed by atoms with Crippen LogP contribution in [-0.4, -0.2) is 55.9 Å². The van der Waals surface area contributed by atoms with E-state index in [0.29, 0.717) is 18.2 Å². The predicted molar refractivity (Wildman–Crippen MR) is 106 cm³/mol. The number of aliphatic imine (C=N–C) groups is 1. The number of hydrogen-bond donors (Lipinski definition) is 2. The van der Waals surface area contributed by atoms with Gasteiger partial charge in [-0.2, -0.15) is 11.8 Å². The van der Waals surface area contributed by atoms with Crippen molar-refractivity contribution in [1.82, 2.24) is 10.6 Å². The van der Waals surface area contributed by atoms with Gasteiger partial charge in [-0.05, 0) is 37.0 Å². The molecule has 0 spiro atoms. The number of fused-ring (bicyclic) bond motifs is 2. The summed E-state index contributed by atoms with van der Waals surface area (Å²) >= 11 is 2.05. The highest BCUT2D eigenvalue weighted by molar-refractivity contribution is 7.99. The average molecular weight is 361 g/mol. The molecule has 3 unspecified atom stereocenters. The highest BCUT2D eigenvalue weighted by atomic mass is 32.2. The van der Waals surface area contributed by atoms with Crippen LogP contribution in [-0.2, 0) is 11.3 Å². The van der Waals surface area contributed by atoms with Gasteiger partial charge in [0.2, 0.25) is 0 Å². The van der Waals surface area contributed by atoms with Gasteiger partial charge >= 0.3 is 0 Å². The van der Waals surface area contributed by atoms with Gasteiger partial charge in [-0.3, -0.25) is 4.99 Å². The van der Waals surface area contributed by atoms with Crippen LogP contribution in [0.3, 0.4) is 0 Å². The van der Waals surface area contributed by atoms with Gasteiger partial charge in [0, 0.05) is 43.9 Å². The molecule has 5 nitrogen and oxygen atoms in total. The topological polar surface area (TPSA) is 48.9 Å². The van der Waals surface area contributed by atoms with Crippen molar-refractivity contribution in [2.45, 2.75) is 44.1 Å². The number of anilines is 1. The maximum absolute atomic E-state index is 5.91. The van der Waals surface area contributed by atoms with Crippen molar-refractivity contribution < 1.29 is 4.74 Å². The minimum absolute atomic E-state index is 0.366. The molecule has 4 rings (SSSR count). The summed E-state index contributed by atoms with van der Waals surface area (Å²) < 4.78 is 5.91. The van der Waals surface area contributed by atoms with Crippen LogP contribution in [0.2, 0.25) is 0 Å². The van der Waals surface area contributed by atoms with Gasteiger partial charge in [0.1, 0.15) is 0 Å². The monoisotopic (exact) mass is 360 g/mol. The second-order valence-corrected chi connectivity index (χ2v) is 8.28. The minimum Gasteiger partial charge on any atom is -0.373 e. The summed E-state index contributed by atoms with van der Waals surface area (Å²) in [6.07, 6.45) is 4.33. The van der Waals surface area contributed by atoms with E-state index in [9.17, 15) is 0 Å². The SMILES string of the molecule is CN=C(NCc1ccc(N2CCSCC2)cc1)NC1CC2CCC1O2. The molecule has 25 heavy (non-hydrogen) atoms. The van der Waals surface area contributed by atoms with Crippen molar-refractivity contribution in [3.05, 3.63) is 29.8 Å². The zero-order valence-electron chi connectivity index (χ0n) is 14.9. The van der Waals surface area contributed by atoms with E-state index >= 15 is 0 Å². The molecule has 3 aliphatic rings. The summed E-state index contributed by atoms with van der Waals surface area (Å²) in [4.78, 5) is 6.85. The zero-order chi connectivity index (χ0) is 17.1. The number of rotatable bonds is 4. The first kappa shape index (κ1) is 17.0. The summed E-state index contributed by atoms with van der Waals surface area (Å²) in [7, 11) is 1.83. The Balaban J connectivity index is 1.28. The van der Waals surface area contributed by atoms with Crippen LogP contribution in [0, 0.1) is 0 Å². The van der Waals surface area contributed by atoms with Crippen molar-refractivity contribution >= 4 is 23.4 Å². The lowest BCUT2D eigenvalue weighted by molar-refractivity contribution is 0.0992. The maximum atomic E-state index is 5.91. The second-order valence-electron chi connectivity index (χ2n) is 7.05. The number of thioether (sulfide) groups is 1. The molecule has 0 aliphatic carbocycles. The van der Waals surface area contributed by atoms with Gasteiger partial charge in [-0.25, -0.2) is 0 Å². The molecule has 0 aromatic heterocycles. The summed E-state index contributed by atoms with van der Waals surface area (Å²) in [6, 6.07) is 9.33. The molecule has 3 atom stereocenters. The fourth-order valence-corrected chi connectivity index (χ4v) is 4.90. The Kier molecular flexibility index (Phi) is 5.36. The van der Waals surface area contributed by atoms with E-state index in [2.05, 4.69) is 44.8 Å². The predicted octanol–water partition coefficient (Wildman–Crippen LogP) is 2.22. The van der Waals surface area contributed by atoms with Crippen LogP contribution in [0.25, 0.3) is 0 Å². The number of hydrogen-bond acceptors (Lipinski definition) is 4. The third kappa shape index (κ3) is 4.06. The molecule has 3 fully saturated rings. The Labute approximate surface area is 154 Å². The highest BCUT2D eigenvalue weighted by Crippen LogP contribution is 2.34. The Hall–Kier alpha value is -1.40. The highest BCUT2D eigenvalue weighted by Gasteiger charge is 2.41. The van der Waals surface area contributed by atoms with Crippen LogP contribution in [0.4, 0.5) is 5.69 Å². The lowest BCUT2D eigenvalue weighted by Gasteiger charge is -2.28. The first-order valence-corrected chi connectivity index (χ1v) is 10.5. The quantitative estimate of drug-likeness (QED) is 0.637. The van der Waals surface area contributed by atoms with Crippen molar-refractivity contribution in [3.63, 3.8) is 0 Å². The molecular weight excluding hydrogens is 332 g/mol. The van der Waals surface area contributed by atoms with E-state index in [1.807, 2.05) is 18.8 Å². The van der Waals surface area contributed by atoms with E-state index < -0.39 is 0 Å². The summed E-state index contributed by atoms with van der Waals surface area (Å²) in [5, 5.41) is 6.97. The second kappa shape index (κ2) is 7.87. The molecule has 0 radical (unpaired) electrons. The van der Waals surface area contributed by atoms with E-state index in [0.717, 1.165) is 32.0 Å². The number of nitrogens with one attached hydrogen (secondary N) is 2. The molecule has 1 aromatic rings. The minimum atomic E-state index is 0.366. The third-order valence-corrected chi connectivity index (χ3v) is 6.37. The van der Waals surface area contributed by atoms with Gasteiger partial charge in [-0.1, -0.05) is 12.1 Å². The van der Waals surface area contributed by atoms with Gasteiger partial charge in [0.05, 0.1) is 18.2 Å². The molecule has 0 saturated carbocycles. The van der Waals surface area contributed by atoms with Gasteiger partial charge < -0.3 is 20.3 Å². The summed E-state index contributed by atoms with van der Waals surface area (Å²) in [5.74, 6) is 3.34. The third-order valence-electron chi connectivity index (χ3n) is 5.42. The first-order chi connectivity index (χ1) is 12.3. The molecular formula is C19H28N4OS. The number of nitrogens with zero attached hydrogens (tertiary/aromatic N) is 2. The smallest absolute Gasteiger partial charge is 0.191 e. The summed E-state index contributed by atoms with van der Waals surface area (Å²) in [5.41, 5.74) is 2.62. The van der Waals surface area contributed by atoms with E-state index in [1.54, 1.807) is 0 Å². The van der Waals surface area contributed by atoms with Crippen LogP contribution < -0.4 is 15.5 Å². The number of ether oxygens (including phenoxy) is 1. The largest absolute Gasteiger partial charge is 0.373 e. The first-order valence-electron chi connectivity index (χ1n) is 9.36. The van der Waals surface area contributed by atoms with Crippen molar-refractivity contribution in [1.29, 1.82) is 0 Å². The molecule has 136 valence electrons. The standard InChI is InChI=1S/C19H28N4OS/c1-20-19(22-17-12-16-6-7-18(17)24-16)21-13-14-2-4-15(5-3-14)23-8-10-25-11-9-23/h2-5,16-18H,6-13H2,1H3,(H2,20,21,22). The van der Waals surface area contributed by atoms with Gasteiger partial charge in [-0.15, -0.1) is 0 Å². The normalized spacial score (nSPS) is 29.1. The fraction of sp³-hybridized carbons (Fsp3) is 0.632. The molecule has 0 amide bonds. The van der Waals surface area contributed by atoms with Gasteiger partial charge in [0.15, 0.2) is 5.96 Å². The number of benzene rings is 1. The van der Waals surface area contributed by atoms with Crippen LogP contribution in [0.5, 0.6) is 0 Å². The molecule has 1 aromatic carbocycles. The van der Waals surface area contributed by atoms with Crippen molar-refractivity contribution in [3.8, 4) is 0 Å². The zero-order valence-corrected chi connectivity index (χ0v) is 15.7. The molecule has 2 N–H and O–H groups in total.